The molecule has 2 aromatic carbocycles. The average Bonchev–Trinajstić information content (AvgIpc) is 2.86. The van der Waals surface area contributed by atoms with E-state index in [0.29, 0.717) is 12.2 Å². The quantitative estimate of drug-likeness (QED) is 0.799. The number of carbonyl (C=O) groups is 1. The third kappa shape index (κ3) is 3.43. The summed E-state index contributed by atoms with van der Waals surface area (Å²) in [6, 6.07) is 19.0. The largest absolute Gasteiger partial charge is 0.332 e. The lowest BCUT2D eigenvalue weighted by molar-refractivity contribution is 0.0973. The molecule has 0 radical (unpaired) electrons. The Kier molecular flexibility index (Phi) is 3.92. The molecule has 0 saturated heterocycles. The highest BCUT2D eigenvalue weighted by Crippen LogP contribution is 2.21. The number of carbonyl (C=O) groups excluding carboxylic acids is 1. The Hall–Kier alpha value is -2.60. The summed E-state index contributed by atoms with van der Waals surface area (Å²) >= 11 is 0. The Labute approximate surface area is 134 Å². The number of hydrogen-bond acceptors (Lipinski definition) is 3. The Balaban J connectivity index is 2.10. The van der Waals surface area contributed by atoms with Crippen molar-refractivity contribution in [3.05, 3.63) is 71.9 Å². The van der Waals surface area contributed by atoms with Crippen LogP contribution in [0.3, 0.4) is 0 Å². The predicted molar refractivity (Wildman–Crippen MR) is 89.8 cm³/mol. The van der Waals surface area contributed by atoms with Gasteiger partial charge in [0.25, 0.3) is 5.91 Å². The van der Waals surface area contributed by atoms with Crippen LogP contribution in [0.15, 0.2) is 60.7 Å². The van der Waals surface area contributed by atoms with Crippen molar-refractivity contribution in [1.29, 1.82) is 0 Å². The van der Waals surface area contributed by atoms with Crippen LogP contribution < -0.4 is 4.72 Å². The van der Waals surface area contributed by atoms with Crippen LogP contribution in [0.5, 0.6) is 0 Å². The molecule has 1 N–H and O–H groups in total. The molecule has 0 fully saturated rings. The first-order valence-corrected chi connectivity index (χ1v) is 8.97. The summed E-state index contributed by atoms with van der Waals surface area (Å²) < 4.78 is 26.6. The maximum Gasteiger partial charge on any atom is 0.281 e. The molecule has 0 atom stereocenters. The summed E-state index contributed by atoms with van der Waals surface area (Å²) in [4.78, 5) is 12.3. The normalized spacial score (nSPS) is 11.5. The Morgan fingerprint density at radius 1 is 1.04 bits per heavy atom. The molecule has 0 aliphatic rings. The number of fused-ring (bicyclic) bond motifs is 1. The number of aromatic nitrogens is 1. The molecule has 1 aromatic heterocycles. The van der Waals surface area contributed by atoms with Crippen LogP contribution >= 0.6 is 0 Å². The molecule has 118 valence electrons. The van der Waals surface area contributed by atoms with E-state index in [4.69, 9.17) is 0 Å². The molecular weight excluding hydrogens is 312 g/mol. The van der Waals surface area contributed by atoms with Crippen molar-refractivity contribution in [3.63, 3.8) is 0 Å². The van der Waals surface area contributed by atoms with Gasteiger partial charge in [-0.15, -0.1) is 0 Å². The monoisotopic (exact) mass is 328 g/mol. The molecule has 6 heteroatoms. The van der Waals surface area contributed by atoms with E-state index in [0.717, 1.165) is 22.7 Å². The molecular formula is C17H16N2O3S. The molecule has 3 aromatic rings. The van der Waals surface area contributed by atoms with Crippen molar-refractivity contribution in [2.24, 2.45) is 0 Å². The van der Waals surface area contributed by atoms with E-state index in [1.165, 1.54) is 0 Å². The molecule has 0 aliphatic carbocycles. The zero-order chi connectivity index (χ0) is 16.4. The number of hydrogen-bond donors (Lipinski definition) is 1. The molecule has 5 nitrogen and oxygen atoms in total. The number of sulfonamides is 1. The molecule has 23 heavy (non-hydrogen) atoms. The molecule has 0 unspecified atom stereocenters. The summed E-state index contributed by atoms with van der Waals surface area (Å²) in [5, 5.41) is 0.891. The van der Waals surface area contributed by atoms with E-state index in [9.17, 15) is 13.2 Å². The van der Waals surface area contributed by atoms with Crippen LogP contribution in [0.2, 0.25) is 0 Å². The lowest BCUT2D eigenvalue weighted by Crippen LogP contribution is -2.31. The Morgan fingerprint density at radius 3 is 2.39 bits per heavy atom. The van der Waals surface area contributed by atoms with Crippen LogP contribution in [-0.2, 0) is 16.6 Å². The van der Waals surface area contributed by atoms with Gasteiger partial charge in [-0.3, -0.25) is 4.79 Å². The first kappa shape index (κ1) is 15.3. The van der Waals surface area contributed by atoms with Gasteiger partial charge in [-0.25, -0.2) is 13.1 Å². The first-order valence-electron chi connectivity index (χ1n) is 7.08. The first-order chi connectivity index (χ1) is 10.9. The van der Waals surface area contributed by atoms with Gasteiger partial charge in [0.1, 0.15) is 5.69 Å². The zero-order valence-corrected chi connectivity index (χ0v) is 13.4. The molecule has 0 aliphatic heterocycles. The molecule has 0 bridgehead atoms. The molecule has 1 amide bonds. The van der Waals surface area contributed by atoms with Crippen LogP contribution in [-0.4, -0.2) is 25.1 Å². The SMILES string of the molecule is CS(=O)(=O)NC(=O)c1cc2ccccc2n1Cc1ccccc1. The smallest absolute Gasteiger partial charge is 0.281 e. The summed E-state index contributed by atoms with van der Waals surface area (Å²) in [5.74, 6) is -0.625. The van der Waals surface area contributed by atoms with E-state index in [1.807, 2.05) is 63.9 Å². The van der Waals surface area contributed by atoms with Crippen LogP contribution in [0.1, 0.15) is 16.1 Å². The van der Waals surface area contributed by atoms with Crippen LogP contribution in [0.4, 0.5) is 0 Å². The number of para-hydroxylation sites is 1. The van der Waals surface area contributed by atoms with Gasteiger partial charge in [-0.1, -0.05) is 48.5 Å². The average molecular weight is 328 g/mol. The lowest BCUT2D eigenvalue weighted by Gasteiger charge is -2.10. The molecule has 0 saturated carbocycles. The number of nitrogens with zero attached hydrogens (tertiary/aromatic N) is 1. The number of nitrogens with one attached hydrogen (secondary N) is 1. The minimum atomic E-state index is -3.61. The third-order valence-corrected chi connectivity index (χ3v) is 4.06. The minimum absolute atomic E-state index is 0.320. The van der Waals surface area contributed by atoms with Gasteiger partial charge in [0.15, 0.2) is 0 Å². The van der Waals surface area contributed by atoms with E-state index in [-0.39, 0.29) is 0 Å². The molecule has 3 rings (SSSR count). The second-order valence-electron chi connectivity index (χ2n) is 5.36. The zero-order valence-electron chi connectivity index (χ0n) is 12.6. The third-order valence-electron chi connectivity index (χ3n) is 3.50. The van der Waals surface area contributed by atoms with E-state index in [2.05, 4.69) is 0 Å². The second-order valence-corrected chi connectivity index (χ2v) is 7.11. The summed E-state index contributed by atoms with van der Waals surface area (Å²) in [7, 11) is -3.61. The summed E-state index contributed by atoms with van der Waals surface area (Å²) in [5.41, 5.74) is 2.23. The van der Waals surface area contributed by atoms with Gasteiger partial charge in [0.2, 0.25) is 10.0 Å². The van der Waals surface area contributed by atoms with Gasteiger partial charge in [0, 0.05) is 17.4 Å². The lowest BCUT2D eigenvalue weighted by atomic mass is 10.2. The molecule has 1 heterocycles. The topological polar surface area (TPSA) is 68.2 Å². The standard InChI is InChI=1S/C17H16N2O3S/c1-23(21,22)18-17(20)16-11-14-9-5-6-10-15(14)19(16)12-13-7-3-2-4-8-13/h2-11H,12H2,1H3,(H,18,20). The van der Waals surface area contributed by atoms with Gasteiger partial charge in [-0.05, 0) is 17.7 Å². The van der Waals surface area contributed by atoms with Crippen molar-refractivity contribution < 1.29 is 13.2 Å². The maximum absolute atomic E-state index is 12.3. The Morgan fingerprint density at radius 2 is 1.70 bits per heavy atom. The highest BCUT2D eigenvalue weighted by atomic mass is 32.2. The second kappa shape index (κ2) is 5.89. The van der Waals surface area contributed by atoms with E-state index < -0.39 is 15.9 Å². The fourth-order valence-corrected chi connectivity index (χ4v) is 3.00. The van der Waals surface area contributed by atoms with Crippen molar-refractivity contribution in [2.75, 3.05) is 6.26 Å². The molecule has 0 spiro atoms. The highest BCUT2D eigenvalue weighted by Gasteiger charge is 2.18. The van der Waals surface area contributed by atoms with Crippen LogP contribution in [0, 0.1) is 0 Å². The van der Waals surface area contributed by atoms with E-state index in [1.54, 1.807) is 6.07 Å². The van der Waals surface area contributed by atoms with Crippen molar-refractivity contribution in [3.8, 4) is 0 Å². The summed E-state index contributed by atoms with van der Waals surface area (Å²) in [6.45, 7) is 0.487. The fraction of sp³-hybridized carbons (Fsp3) is 0.118. The van der Waals surface area contributed by atoms with Crippen LogP contribution in [0.25, 0.3) is 10.9 Å². The van der Waals surface area contributed by atoms with E-state index >= 15 is 0 Å². The summed E-state index contributed by atoms with van der Waals surface area (Å²) in [6.07, 6.45) is 0.967. The Bertz CT molecular complexity index is 960. The number of rotatable bonds is 4. The van der Waals surface area contributed by atoms with Gasteiger partial charge < -0.3 is 4.57 Å². The van der Waals surface area contributed by atoms with Crippen molar-refractivity contribution in [1.82, 2.24) is 9.29 Å². The number of amides is 1. The van der Waals surface area contributed by atoms with Crippen molar-refractivity contribution in [2.45, 2.75) is 6.54 Å². The van der Waals surface area contributed by atoms with Gasteiger partial charge >= 0.3 is 0 Å². The van der Waals surface area contributed by atoms with Crippen molar-refractivity contribution >= 4 is 26.8 Å². The predicted octanol–water partition coefficient (Wildman–Crippen LogP) is 2.38. The van der Waals surface area contributed by atoms with Gasteiger partial charge in [-0.2, -0.15) is 0 Å². The fourth-order valence-electron chi connectivity index (χ4n) is 2.56. The number of benzene rings is 2. The minimum Gasteiger partial charge on any atom is -0.332 e. The van der Waals surface area contributed by atoms with Gasteiger partial charge in [0.05, 0.1) is 6.26 Å². The highest BCUT2D eigenvalue weighted by molar-refractivity contribution is 7.89. The maximum atomic E-state index is 12.3.